The van der Waals surface area contributed by atoms with E-state index < -0.39 is 5.54 Å². The van der Waals surface area contributed by atoms with Crippen molar-refractivity contribution < 1.29 is 9.53 Å². The van der Waals surface area contributed by atoms with Gasteiger partial charge in [0.1, 0.15) is 12.1 Å². The molecule has 2 rings (SSSR count). The summed E-state index contributed by atoms with van der Waals surface area (Å²) in [6.07, 6.45) is 3.55. The van der Waals surface area contributed by atoms with Gasteiger partial charge in [-0.05, 0) is 18.4 Å². The minimum Gasteiger partial charge on any atom is -0.459 e. The summed E-state index contributed by atoms with van der Waals surface area (Å²) in [5.41, 5.74) is 6.26. The van der Waals surface area contributed by atoms with Crippen molar-refractivity contribution >= 4 is 18.4 Å². The number of ether oxygens (including phenoxy) is 1. The second-order valence-corrected chi connectivity index (χ2v) is 4.42. The molecule has 0 heterocycles. The maximum absolute atomic E-state index is 11.8. The monoisotopic (exact) mass is 255 g/mol. The largest absolute Gasteiger partial charge is 0.459 e. The van der Waals surface area contributed by atoms with Gasteiger partial charge in [-0.3, -0.25) is 4.79 Å². The first-order valence-electron chi connectivity index (χ1n) is 5.71. The third-order valence-corrected chi connectivity index (χ3v) is 3.12. The molecule has 0 radical (unpaired) electrons. The van der Waals surface area contributed by atoms with Crippen molar-refractivity contribution in [3.63, 3.8) is 0 Å². The van der Waals surface area contributed by atoms with E-state index in [0.717, 1.165) is 31.2 Å². The molecule has 3 nitrogen and oxygen atoms in total. The lowest BCUT2D eigenvalue weighted by Crippen LogP contribution is -2.46. The molecule has 1 saturated carbocycles. The zero-order valence-electron chi connectivity index (χ0n) is 9.72. The standard InChI is InChI=1S/C13H17NO2.ClH/c14-13(8-4-5-9-13)12(15)16-10-11-6-2-1-3-7-11;/h1-3,6-7H,4-5,8-10,14H2;1H. The predicted octanol–water partition coefficient (Wildman–Crippen LogP) is 2.42. The van der Waals surface area contributed by atoms with Crippen molar-refractivity contribution in [1.29, 1.82) is 0 Å². The maximum Gasteiger partial charge on any atom is 0.326 e. The molecule has 1 aromatic rings. The van der Waals surface area contributed by atoms with Gasteiger partial charge in [0.25, 0.3) is 0 Å². The molecule has 0 unspecified atom stereocenters. The molecule has 1 aliphatic carbocycles. The highest BCUT2D eigenvalue weighted by molar-refractivity contribution is 5.85. The smallest absolute Gasteiger partial charge is 0.326 e. The number of carbonyl (C=O) groups is 1. The van der Waals surface area contributed by atoms with E-state index >= 15 is 0 Å². The van der Waals surface area contributed by atoms with Crippen LogP contribution in [0.4, 0.5) is 0 Å². The maximum atomic E-state index is 11.8. The van der Waals surface area contributed by atoms with Crippen LogP contribution in [0, 0.1) is 0 Å². The number of rotatable bonds is 3. The summed E-state index contributed by atoms with van der Waals surface area (Å²) in [6, 6.07) is 9.66. The second kappa shape index (κ2) is 6.03. The molecule has 1 fully saturated rings. The molecule has 0 aromatic heterocycles. The zero-order valence-corrected chi connectivity index (χ0v) is 10.5. The number of nitrogens with two attached hydrogens (primary N) is 1. The van der Waals surface area contributed by atoms with Gasteiger partial charge in [-0.1, -0.05) is 43.2 Å². The first-order valence-corrected chi connectivity index (χ1v) is 5.71. The first kappa shape index (κ1) is 14.0. The molecule has 94 valence electrons. The highest BCUT2D eigenvalue weighted by Crippen LogP contribution is 2.28. The quantitative estimate of drug-likeness (QED) is 0.844. The molecule has 2 N–H and O–H groups in total. The van der Waals surface area contributed by atoms with E-state index in [9.17, 15) is 4.79 Å². The summed E-state index contributed by atoms with van der Waals surface area (Å²) in [6.45, 7) is 0.318. The van der Waals surface area contributed by atoms with Gasteiger partial charge in [-0.15, -0.1) is 12.4 Å². The molecule has 0 saturated heterocycles. The predicted molar refractivity (Wildman–Crippen MR) is 68.9 cm³/mol. The van der Waals surface area contributed by atoms with Crippen molar-refractivity contribution in [2.24, 2.45) is 5.73 Å². The summed E-state index contributed by atoms with van der Waals surface area (Å²) in [7, 11) is 0. The van der Waals surface area contributed by atoms with Crippen LogP contribution in [-0.4, -0.2) is 11.5 Å². The molecule has 4 heteroatoms. The number of carbonyl (C=O) groups excluding carboxylic acids is 1. The molecule has 0 spiro atoms. The summed E-state index contributed by atoms with van der Waals surface area (Å²) in [4.78, 5) is 11.8. The van der Waals surface area contributed by atoms with Crippen molar-refractivity contribution in [1.82, 2.24) is 0 Å². The Bertz CT molecular complexity index is 361. The van der Waals surface area contributed by atoms with Gasteiger partial charge in [0.15, 0.2) is 0 Å². The second-order valence-electron chi connectivity index (χ2n) is 4.42. The van der Waals surface area contributed by atoms with Crippen LogP contribution in [0.3, 0.4) is 0 Å². The van der Waals surface area contributed by atoms with Crippen LogP contribution in [0.2, 0.25) is 0 Å². The van der Waals surface area contributed by atoms with Crippen LogP contribution < -0.4 is 5.73 Å². The molecule has 1 aromatic carbocycles. The van der Waals surface area contributed by atoms with Gasteiger partial charge in [0.2, 0.25) is 0 Å². The molecule has 17 heavy (non-hydrogen) atoms. The molecular weight excluding hydrogens is 238 g/mol. The van der Waals surface area contributed by atoms with Crippen LogP contribution in [0.25, 0.3) is 0 Å². The average Bonchev–Trinajstić information content (AvgIpc) is 2.76. The van der Waals surface area contributed by atoms with Crippen molar-refractivity contribution in [3.05, 3.63) is 35.9 Å². The fourth-order valence-electron chi connectivity index (χ4n) is 2.08. The lowest BCUT2D eigenvalue weighted by Gasteiger charge is -2.20. The Balaban J connectivity index is 0.00000144. The fourth-order valence-corrected chi connectivity index (χ4v) is 2.08. The Kier molecular flexibility index (Phi) is 4.97. The van der Waals surface area contributed by atoms with E-state index in [-0.39, 0.29) is 18.4 Å². The van der Waals surface area contributed by atoms with Crippen molar-refractivity contribution in [2.75, 3.05) is 0 Å². The third-order valence-electron chi connectivity index (χ3n) is 3.12. The van der Waals surface area contributed by atoms with Crippen LogP contribution in [0.15, 0.2) is 30.3 Å². The molecule has 0 bridgehead atoms. The SMILES string of the molecule is Cl.NC1(C(=O)OCc2ccccc2)CCCC1. The van der Waals surface area contributed by atoms with Crippen molar-refractivity contribution in [2.45, 2.75) is 37.8 Å². The Morgan fingerprint density at radius 2 is 1.82 bits per heavy atom. The van der Waals surface area contributed by atoms with Crippen molar-refractivity contribution in [3.8, 4) is 0 Å². The lowest BCUT2D eigenvalue weighted by atomic mass is 10.00. The lowest BCUT2D eigenvalue weighted by molar-refractivity contribution is -0.151. The summed E-state index contributed by atoms with van der Waals surface area (Å²) >= 11 is 0. The van der Waals surface area contributed by atoms with E-state index in [2.05, 4.69) is 0 Å². The first-order chi connectivity index (χ1) is 7.71. The molecule has 0 atom stereocenters. The van der Waals surface area contributed by atoms with Crippen LogP contribution in [0.5, 0.6) is 0 Å². The Hall–Kier alpha value is -1.06. The van der Waals surface area contributed by atoms with E-state index in [4.69, 9.17) is 10.5 Å². The average molecular weight is 256 g/mol. The normalized spacial score (nSPS) is 17.2. The highest BCUT2D eigenvalue weighted by atomic mass is 35.5. The Morgan fingerprint density at radius 3 is 2.41 bits per heavy atom. The molecular formula is C13H18ClNO2. The summed E-state index contributed by atoms with van der Waals surface area (Å²) < 4.78 is 5.25. The van der Waals surface area contributed by atoms with Gasteiger partial charge in [-0.2, -0.15) is 0 Å². The summed E-state index contributed by atoms with van der Waals surface area (Å²) in [5.74, 6) is -0.256. The van der Waals surface area contributed by atoms with Gasteiger partial charge in [0.05, 0.1) is 0 Å². The van der Waals surface area contributed by atoms with Gasteiger partial charge in [-0.25, -0.2) is 0 Å². The van der Waals surface area contributed by atoms with E-state index in [0.29, 0.717) is 6.61 Å². The highest BCUT2D eigenvalue weighted by Gasteiger charge is 2.38. The van der Waals surface area contributed by atoms with Gasteiger partial charge in [0, 0.05) is 0 Å². The third kappa shape index (κ3) is 3.45. The minimum absolute atomic E-state index is 0. The number of benzene rings is 1. The van der Waals surface area contributed by atoms with Crippen LogP contribution >= 0.6 is 12.4 Å². The van der Waals surface area contributed by atoms with Gasteiger partial charge >= 0.3 is 5.97 Å². The fraction of sp³-hybridized carbons (Fsp3) is 0.462. The van der Waals surface area contributed by atoms with E-state index in [1.165, 1.54) is 0 Å². The number of esters is 1. The number of halogens is 1. The van der Waals surface area contributed by atoms with Crippen LogP contribution in [-0.2, 0) is 16.1 Å². The number of hydrogen-bond acceptors (Lipinski definition) is 3. The minimum atomic E-state index is -0.727. The Labute approximate surface area is 108 Å². The molecule has 0 aliphatic heterocycles. The van der Waals surface area contributed by atoms with Crippen LogP contribution in [0.1, 0.15) is 31.2 Å². The van der Waals surface area contributed by atoms with E-state index in [1.54, 1.807) is 0 Å². The van der Waals surface area contributed by atoms with E-state index in [1.807, 2.05) is 30.3 Å². The van der Waals surface area contributed by atoms with Gasteiger partial charge < -0.3 is 10.5 Å². The molecule has 1 aliphatic rings. The number of hydrogen-bond donors (Lipinski definition) is 1. The zero-order chi connectivity index (χ0) is 11.4. The summed E-state index contributed by atoms with van der Waals surface area (Å²) in [5, 5.41) is 0. The molecule has 0 amide bonds. The topological polar surface area (TPSA) is 52.3 Å². The Morgan fingerprint density at radius 1 is 1.24 bits per heavy atom.